The number of rotatable bonds is 4. The van der Waals surface area contributed by atoms with E-state index in [1.807, 2.05) is 30.3 Å². The molecule has 1 unspecified atom stereocenters. The predicted octanol–water partition coefficient (Wildman–Crippen LogP) is 6.11. The van der Waals surface area contributed by atoms with Gasteiger partial charge in [0.1, 0.15) is 0 Å². The summed E-state index contributed by atoms with van der Waals surface area (Å²) in [5.41, 5.74) is 2.02. The molecule has 0 aliphatic heterocycles. The monoisotopic (exact) mass is 391 g/mol. The van der Waals surface area contributed by atoms with Crippen LogP contribution in [0.5, 0.6) is 0 Å². The molecule has 1 N–H and O–H groups in total. The summed E-state index contributed by atoms with van der Waals surface area (Å²) < 4.78 is 0.985. The first-order valence-corrected chi connectivity index (χ1v) is 8.09. The number of benzene rings is 2. The number of hydrogen-bond donors (Lipinski definition) is 1. The Morgan fingerprint density at radius 1 is 1.00 bits per heavy atom. The van der Waals surface area contributed by atoms with Crippen LogP contribution in [0.4, 0.5) is 0 Å². The third-order valence-corrected chi connectivity index (χ3v) is 4.47. The van der Waals surface area contributed by atoms with Gasteiger partial charge in [-0.1, -0.05) is 63.7 Å². The molecule has 20 heavy (non-hydrogen) atoms. The fourth-order valence-electron chi connectivity index (χ4n) is 2.06. The molecule has 1 nitrogen and oxygen atoms in total. The maximum absolute atomic E-state index is 6.33. The molecule has 0 radical (unpaired) electrons. The van der Waals surface area contributed by atoms with Crippen LogP contribution < -0.4 is 5.32 Å². The average Bonchev–Trinajstić information content (AvgIpc) is 2.40. The van der Waals surface area contributed by atoms with Gasteiger partial charge in [0.05, 0.1) is 6.04 Å². The number of hydrogen-bond acceptors (Lipinski definition) is 1. The van der Waals surface area contributed by atoms with E-state index in [1.165, 1.54) is 0 Å². The molecule has 0 aliphatic rings. The summed E-state index contributed by atoms with van der Waals surface area (Å²) in [7, 11) is 0. The fourth-order valence-corrected chi connectivity index (χ4v) is 3.24. The van der Waals surface area contributed by atoms with E-state index in [4.69, 9.17) is 34.8 Å². The lowest BCUT2D eigenvalue weighted by atomic mass is 9.98. The Kier molecular flexibility index (Phi) is 5.76. The minimum atomic E-state index is -0.0437. The minimum Gasteiger partial charge on any atom is -0.306 e. The van der Waals surface area contributed by atoms with E-state index < -0.39 is 0 Å². The second-order valence-corrected chi connectivity index (χ2v) is 6.46. The van der Waals surface area contributed by atoms with Crippen LogP contribution in [0.15, 0.2) is 40.9 Å². The highest BCUT2D eigenvalue weighted by Gasteiger charge is 2.19. The van der Waals surface area contributed by atoms with Crippen LogP contribution in [-0.4, -0.2) is 6.54 Å². The van der Waals surface area contributed by atoms with Crippen LogP contribution in [0, 0.1) is 0 Å². The molecule has 2 rings (SSSR count). The van der Waals surface area contributed by atoms with Gasteiger partial charge in [-0.15, -0.1) is 0 Å². The molecular formula is C15H13BrCl3N. The zero-order chi connectivity index (χ0) is 14.7. The Hall–Kier alpha value is -0.250. The first kappa shape index (κ1) is 16.1. The maximum atomic E-state index is 6.33. The van der Waals surface area contributed by atoms with E-state index in [1.54, 1.807) is 6.07 Å². The standard InChI is InChI=1S/C15H13BrCl3N/c1-2-20-15(11-5-3-10(18)8-14(11)19)12-7-9(17)4-6-13(12)16/h3-8,15,20H,2H2,1H3. The van der Waals surface area contributed by atoms with Crippen LogP contribution in [-0.2, 0) is 0 Å². The molecule has 0 heterocycles. The van der Waals surface area contributed by atoms with Crippen molar-refractivity contribution in [3.63, 3.8) is 0 Å². The molecule has 0 amide bonds. The minimum absolute atomic E-state index is 0.0437. The van der Waals surface area contributed by atoms with Gasteiger partial charge in [0, 0.05) is 19.5 Å². The molecular weight excluding hydrogens is 380 g/mol. The molecule has 2 aromatic rings. The molecule has 106 valence electrons. The topological polar surface area (TPSA) is 12.0 Å². The normalized spacial score (nSPS) is 12.4. The summed E-state index contributed by atoms with van der Waals surface area (Å²) in [4.78, 5) is 0. The maximum Gasteiger partial charge on any atom is 0.0603 e. The highest BCUT2D eigenvalue weighted by molar-refractivity contribution is 9.10. The van der Waals surface area contributed by atoms with E-state index in [0.29, 0.717) is 15.1 Å². The van der Waals surface area contributed by atoms with Gasteiger partial charge in [0.25, 0.3) is 0 Å². The smallest absolute Gasteiger partial charge is 0.0603 e. The second-order valence-electron chi connectivity index (χ2n) is 4.32. The van der Waals surface area contributed by atoms with Crippen molar-refractivity contribution in [2.75, 3.05) is 6.54 Å². The zero-order valence-corrected chi connectivity index (χ0v) is 14.6. The highest BCUT2D eigenvalue weighted by Crippen LogP contribution is 2.35. The van der Waals surface area contributed by atoms with Crippen LogP contribution in [0.25, 0.3) is 0 Å². The average molecular weight is 394 g/mol. The highest BCUT2D eigenvalue weighted by atomic mass is 79.9. The van der Waals surface area contributed by atoms with Gasteiger partial charge in [-0.3, -0.25) is 0 Å². The van der Waals surface area contributed by atoms with Crippen molar-refractivity contribution in [1.82, 2.24) is 5.32 Å². The van der Waals surface area contributed by atoms with Gasteiger partial charge in [-0.25, -0.2) is 0 Å². The summed E-state index contributed by atoms with van der Waals surface area (Å²) in [6.45, 7) is 2.86. The first-order valence-electron chi connectivity index (χ1n) is 6.16. The second kappa shape index (κ2) is 7.15. The van der Waals surface area contributed by atoms with Gasteiger partial charge in [-0.2, -0.15) is 0 Å². The molecule has 0 fully saturated rings. The Bertz CT molecular complexity index is 616. The van der Waals surface area contributed by atoms with Crippen molar-refractivity contribution in [3.8, 4) is 0 Å². The van der Waals surface area contributed by atoms with Gasteiger partial charge in [-0.05, 0) is 48.0 Å². The van der Waals surface area contributed by atoms with E-state index in [2.05, 4.69) is 28.2 Å². The Morgan fingerprint density at radius 2 is 1.65 bits per heavy atom. The fraction of sp³-hybridized carbons (Fsp3) is 0.200. The van der Waals surface area contributed by atoms with E-state index in [0.717, 1.165) is 22.1 Å². The van der Waals surface area contributed by atoms with Crippen LogP contribution >= 0.6 is 50.7 Å². The van der Waals surface area contributed by atoms with Crippen molar-refractivity contribution in [3.05, 3.63) is 67.1 Å². The molecule has 0 aromatic heterocycles. The summed E-state index contributed by atoms with van der Waals surface area (Å²) >= 11 is 22.0. The van der Waals surface area contributed by atoms with Crippen molar-refractivity contribution in [2.45, 2.75) is 13.0 Å². The van der Waals surface area contributed by atoms with E-state index in [-0.39, 0.29) is 6.04 Å². The lowest BCUT2D eigenvalue weighted by molar-refractivity contribution is 0.629. The number of nitrogens with one attached hydrogen (secondary N) is 1. The zero-order valence-electron chi connectivity index (χ0n) is 10.8. The van der Waals surface area contributed by atoms with Crippen molar-refractivity contribution in [1.29, 1.82) is 0 Å². The van der Waals surface area contributed by atoms with E-state index >= 15 is 0 Å². The molecule has 0 bridgehead atoms. The van der Waals surface area contributed by atoms with E-state index in [9.17, 15) is 0 Å². The molecule has 2 aromatic carbocycles. The Balaban J connectivity index is 2.53. The predicted molar refractivity (Wildman–Crippen MR) is 91.1 cm³/mol. The van der Waals surface area contributed by atoms with Crippen LogP contribution in [0.1, 0.15) is 24.1 Å². The largest absolute Gasteiger partial charge is 0.306 e. The molecule has 5 heteroatoms. The number of halogens is 4. The summed E-state index contributed by atoms with van der Waals surface area (Å²) in [5, 5.41) is 5.38. The summed E-state index contributed by atoms with van der Waals surface area (Å²) in [6.07, 6.45) is 0. The quantitative estimate of drug-likeness (QED) is 0.661. The van der Waals surface area contributed by atoms with Crippen molar-refractivity contribution >= 4 is 50.7 Å². The lowest BCUT2D eigenvalue weighted by Crippen LogP contribution is -2.22. The van der Waals surface area contributed by atoms with Gasteiger partial charge in [0.15, 0.2) is 0 Å². The van der Waals surface area contributed by atoms with Gasteiger partial charge in [0.2, 0.25) is 0 Å². The molecule has 0 spiro atoms. The lowest BCUT2D eigenvalue weighted by Gasteiger charge is -2.22. The van der Waals surface area contributed by atoms with Crippen molar-refractivity contribution < 1.29 is 0 Å². The first-order chi connectivity index (χ1) is 9.52. The summed E-state index contributed by atoms with van der Waals surface area (Å²) in [6, 6.07) is 11.2. The SMILES string of the molecule is CCNC(c1ccc(Cl)cc1Cl)c1cc(Cl)ccc1Br. The summed E-state index contributed by atoms with van der Waals surface area (Å²) in [5.74, 6) is 0. The third-order valence-electron chi connectivity index (χ3n) is 2.95. The molecule has 0 saturated carbocycles. The third kappa shape index (κ3) is 3.69. The molecule has 1 atom stereocenters. The van der Waals surface area contributed by atoms with Gasteiger partial charge < -0.3 is 5.32 Å². The van der Waals surface area contributed by atoms with Crippen LogP contribution in [0.2, 0.25) is 15.1 Å². The molecule has 0 saturated heterocycles. The molecule has 0 aliphatic carbocycles. The Labute approximate surface area is 142 Å². The van der Waals surface area contributed by atoms with Gasteiger partial charge >= 0.3 is 0 Å². The van der Waals surface area contributed by atoms with Crippen molar-refractivity contribution in [2.24, 2.45) is 0 Å². The Morgan fingerprint density at radius 3 is 2.30 bits per heavy atom. The van der Waals surface area contributed by atoms with Crippen LogP contribution in [0.3, 0.4) is 0 Å².